The van der Waals surface area contributed by atoms with Crippen LogP contribution in [0, 0.1) is 18.3 Å². The van der Waals surface area contributed by atoms with E-state index >= 15 is 0 Å². The lowest BCUT2D eigenvalue weighted by Gasteiger charge is -2.20. The van der Waals surface area contributed by atoms with Gasteiger partial charge in [-0.05, 0) is 50.6 Å². The fourth-order valence-corrected chi connectivity index (χ4v) is 2.54. The molecule has 0 radical (unpaired) electrons. The summed E-state index contributed by atoms with van der Waals surface area (Å²) in [6.07, 6.45) is -0.189. The number of hydrogen-bond donors (Lipinski definition) is 1. The summed E-state index contributed by atoms with van der Waals surface area (Å²) < 4.78 is 10.7. The predicted molar refractivity (Wildman–Crippen MR) is 105 cm³/mol. The molecule has 0 fully saturated rings. The van der Waals surface area contributed by atoms with Crippen LogP contribution in [0.3, 0.4) is 0 Å². The molecule has 146 valence electrons. The lowest BCUT2D eigenvalue weighted by molar-refractivity contribution is -0.148. The van der Waals surface area contributed by atoms with Crippen molar-refractivity contribution >= 4 is 11.9 Å². The van der Waals surface area contributed by atoms with Gasteiger partial charge in [0.05, 0.1) is 30.2 Å². The van der Waals surface area contributed by atoms with Gasteiger partial charge in [-0.15, -0.1) is 0 Å². The summed E-state index contributed by atoms with van der Waals surface area (Å²) in [5, 5.41) is 11.6. The number of nitriles is 1. The standard InChI is InChI=1S/C22H24N2O4/c1-15(2)28-22(26)12-20(18-8-4-16(3)5-9-18)24-21(25)14-27-19-10-6-17(13-23)7-11-19/h4-11,15,20H,12,14H2,1-3H3,(H,24,25). The molecule has 0 aromatic heterocycles. The molecule has 0 aliphatic carbocycles. The number of carbonyl (C=O) groups excluding carboxylic acids is 2. The number of nitrogens with one attached hydrogen (secondary N) is 1. The molecule has 1 amide bonds. The number of hydrogen-bond acceptors (Lipinski definition) is 5. The summed E-state index contributed by atoms with van der Waals surface area (Å²) in [4.78, 5) is 24.4. The zero-order valence-electron chi connectivity index (χ0n) is 16.3. The van der Waals surface area contributed by atoms with E-state index < -0.39 is 6.04 Å². The van der Waals surface area contributed by atoms with Crippen molar-refractivity contribution in [2.24, 2.45) is 0 Å². The zero-order valence-corrected chi connectivity index (χ0v) is 16.3. The molecule has 6 heteroatoms. The van der Waals surface area contributed by atoms with E-state index in [-0.39, 0.29) is 31.0 Å². The van der Waals surface area contributed by atoms with Crippen molar-refractivity contribution in [2.75, 3.05) is 6.61 Å². The maximum absolute atomic E-state index is 12.4. The largest absolute Gasteiger partial charge is 0.484 e. The molecule has 6 nitrogen and oxygen atoms in total. The predicted octanol–water partition coefficient (Wildman–Crippen LogP) is 3.44. The van der Waals surface area contributed by atoms with E-state index in [1.165, 1.54) is 0 Å². The zero-order chi connectivity index (χ0) is 20.5. The van der Waals surface area contributed by atoms with Crippen LogP contribution in [-0.4, -0.2) is 24.6 Å². The molecule has 28 heavy (non-hydrogen) atoms. The van der Waals surface area contributed by atoms with Crippen molar-refractivity contribution in [2.45, 2.75) is 39.3 Å². The summed E-state index contributed by atoms with van der Waals surface area (Å²) in [6.45, 7) is 5.33. The highest BCUT2D eigenvalue weighted by atomic mass is 16.5. The third kappa shape index (κ3) is 6.76. The van der Waals surface area contributed by atoms with Gasteiger partial charge in [-0.25, -0.2) is 0 Å². The van der Waals surface area contributed by atoms with Crippen LogP contribution in [0.4, 0.5) is 0 Å². The van der Waals surface area contributed by atoms with E-state index in [0.29, 0.717) is 11.3 Å². The van der Waals surface area contributed by atoms with E-state index in [1.807, 2.05) is 37.3 Å². The second-order valence-electron chi connectivity index (χ2n) is 6.70. The van der Waals surface area contributed by atoms with E-state index in [4.69, 9.17) is 14.7 Å². The molecule has 1 atom stereocenters. The Balaban J connectivity index is 2.01. The van der Waals surface area contributed by atoms with Crippen LogP contribution in [0.5, 0.6) is 5.75 Å². The Bertz CT molecular complexity index is 836. The van der Waals surface area contributed by atoms with Crippen LogP contribution in [0.2, 0.25) is 0 Å². The van der Waals surface area contributed by atoms with Crippen LogP contribution >= 0.6 is 0 Å². The van der Waals surface area contributed by atoms with Crippen molar-refractivity contribution in [3.8, 4) is 11.8 Å². The third-order valence-corrected chi connectivity index (χ3v) is 3.91. The lowest BCUT2D eigenvalue weighted by Crippen LogP contribution is -2.34. The van der Waals surface area contributed by atoms with Crippen molar-refractivity contribution in [3.05, 3.63) is 65.2 Å². The van der Waals surface area contributed by atoms with E-state index in [0.717, 1.165) is 11.1 Å². The monoisotopic (exact) mass is 380 g/mol. The molecule has 0 spiro atoms. The third-order valence-electron chi connectivity index (χ3n) is 3.91. The average Bonchev–Trinajstić information content (AvgIpc) is 2.66. The molecule has 2 rings (SSSR count). The number of ether oxygens (including phenoxy) is 2. The molecular weight excluding hydrogens is 356 g/mol. The first kappa shape index (κ1) is 21.0. The Labute approximate surface area is 165 Å². The summed E-state index contributed by atoms with van der Waals surface area (Å²) in [5.74, 6) is -0.249. The first-order chi connectivity index (χ1) is 13.4. The Kier molecular flexibility index (Phi) is 7.58. The first-order valence-electron chi connectivity index (χ1n) is 9.05. The smallest absolute Gasteiger partial charge is 0.308 e. The molecular formula is C22H24N2O4. The molecule has 2 aromatic carbocycles. The van der Waals surface area contributed by atoms with Crippen molar-refractivity contribution in [3.63, 3.8) is 0 Å². The molecule has 1 N–H and O–H groups in total. The van der Waals surface area contributed by atoms with E-state index in [1.54, 1.807) is 38.1 Å². The minimum Gasteiger partial charge on any atom is -0.484 e. The lowest BCUT2D eigenvalue weighted by atomic mass is 10.0. The summed E-state index contributed by atoms with van der Waals surface area (Å²) >= 11 is 0. The van der Waals surface area contributed by atoms with E-state index in [9.17, 15) is 9.59 Å². The second kappa shape index (κ2) is 10.1. The van der Waals surface area contributed by atoms with Gasteiger partial charge in [0, 0.05) is 0 Å². The highest BCUT2D eigenvalue weighted by molar-refractivity contribution is 5.79. The minimum absolute atomic E-state index is 0.0316. The Morgan fingerprint density at radius 2 is 1.71 bits per heavy atom. The number of aryl methyl sites for hydroxylation is 1. The molecule has 0 aliphatic rings. The van der Waals surface area contributed by atoms with Crippen molar-refractivity contribution < 1.29 is 19.1 Å². The molecule has 0 bridgehead atoms. The normalized spacial score (nSPS) is 11.4. The van der Waals surface area contributed by atoms with Crippen LogP contribution in [0.1, 0.15) is 43.0 Å². The topological polar surface area (TPSA) is 88.4 Å². The molecule has 0 heterocycles. The molecule has 0 saturated carbocycles. The Morgan fingerprint density at radius 1 is 1.07 bits per heavy atom. The Hall–Kier alpha value is -3.33. The van der Waals surface area contributed by atoms with Gasteiger partial charge in [-0.1, -0.05) is 29.8 Å². The maximum atomic E-state index is 12.4. The number of benzene rings is 2. The van der Waals surface area contributed by atoms with Crippen LogP contribution in [0.15, 0.2) is 48.5 Å². The molecule has 1 unspecified atom stereocenters. The number of esters is 1. The van der Waals surface area contributed by atoms with Gasteiger partial charge >= 0.3 is 5.97 Å². The number of carbonyl (C=O) groups is 2. The minimum atomic E-state index is -0.510. The fourth-order valence-electron chi connectivity index (χ4n) is 2.54. The van der Waals surface area contributed by atoms with Crippen molar-refractivity contribution in [1.82, 2.24) is 5.32 Å². The van der Waals surface area contributed by atoms with Gasteiger partial charge in [-0.3, -0.25) is 9.59 Å². The highest BCUT2D eigenvalue weighted by Gasteiger charge is 2.20. The van der Waals surface area contributed by atoms with Crippen LogP contribution in [-0.2, 0) is 14.3 Å². The van der Waals surface area contributed by atoms with Gasteiger partial charge in [0.2, 0.25) is 0 Å². The number of amides is 1. The van der Waals surface area contributed by atoms with Crippen LogP contribution < -0.4 is 10.1 Å². The van der Waals surface area contributed by atoms with Gasteiger partial charge in [-0.2, -0.15) is 5.26 Å². The number of nitrogens with zero attached hydrogens (tertiary/aromatic N) is 1. The fraction of sp³-hybridized carbons (Fsp3) is 0.318. The van der Waals surface area contributed by atoms with Gasteiger partial charge in [0.15, 0.2) is 6.61 Å². The van der Waals surface area contributed by atoms with Gasteiger partial charge in [0.1, 0.15) is 5.75 Å². The highest BCUT2D eigenvalue weighted by Crippen LogP contribution is 2.19. The summed E-state index contributed by atoms with van der Waals surface area (Å²) in [6, 6.07) is 15.6. The van der Waals surface area contributed by atoms with E-state index in [2.05, 4.69) is 5.32 Å². The second-order valence-corrected chi connectivity index (χ2v) is 6.70. The van der Waals surface area contributed by atoms with Gasteiger partial charge in [0.25, 0.3) is 5.91 Å². The molecule has 0 saturated heterocycles. The summed E-state index contributed by atoms with van der Waals surface area (Å²) in [5.41, 5.74) is 2.42. The van der Waals surface area contributed by atoms with Crippen molar-refractivity contribution in [1.29, 1.82) is 5.26 Å². The first-order valence-corrected chi connectivity index (χ1v) is 9.05. The van der Waals surface area contributed by atoms with Crippen LogP contribution in [0.25, 0.3) is 0 Å². The number of rotatable bonds is 8. The SMILES string of the molecule is Cc1ccc(C(CC(=O)OC(C)C)NC(=O)COc2ccc(C#N)cc2)cc1. The summed E-state index contributed by atoms with van der Waals surface area (Å²) in [7, 11) is 0. The Morgan fingerprint density at radius 3 is 2.29 bits per heavy atom. The quantitative estimate of drug-likeness (QED) is 0.709. The average molecular weight is 380 g/mol. The molecule has 2 aromatic rings. The maximum Gasteiger partial charge on any atom is 0.308 e. The molecule has 0 aliphatic heterocycles. The van der Waals surface area contributed by atoms with Gasteiger partial charge < -0.3 is 14.8 Å².